The number of nitrogens with zero attached hydrogens (tertiary/aromatic N) is 2. The molecule has 2 aromatic rings. The van der Waals surface area contributed by atoms with E-state index in [1.54, 1.807) is 7.11 Å². The minimum absolute atomic E-state index is 0.156. The minimum Gasteiger partial charge on any atom is -0.495 e. The molecule has 0 spiro atoms. The third kappa shape index (κ3) is 4.20. The van der Waals surface area contributed by atoms with Crippen molar-refractivity contribution in [2.24, 2.45) is 5.73 Å². The fraction of sp³-hybridized carbons (Fsp3) is 0.308. The monoisotopic (exact) mass is 308 g/mol. The van der Waals surface area contributed by atoms with Crippen LogP contribution in [0.1, 0.15) is 11.5 Å². The minimum atomic E-state index is -0.184. The van der Waals surface area contributed by atoms with E-state index in [9.17, 15) is 4.79 Å². The molecule has 2 rings (SSSR count). The number of carbonyl (C=O) groups is 1. The summed E-state index contributed by atoms with van der Waals surface area (Å²) in [6, 6.07) is 5.57. The molecule has 0 unspecified atom stereocenters. The second kappa shape index (κ2) is 7.09. The van der Waals surface area contributed by atoms with Crippen LogP contribution in [0.2, 0.25) is 0 Å². The summed E-state index contributed by atoms with van der Waals surface area (Å²) < 4.78 is 10.4. The molecule has 0 atom stereocenters. The SMILES string of the molecule is COc1ccc(C)cc1NC(=O)CSc1nnc(CN)o1. The maximum atomic E-state index is 11.9. The van der Waals surface area contributed by atoms with E-state index in [2.05, 4.69) is 15.5 Å². The normalized spacial score (nSPS) is 10.4. The Balaban J connectivity index is 1.94. The third-order valence-corrected chi connectivity index (χ3v) is 3.40. The summed E-state index contributed by atoms with van der Waals surface area (Å²) in [5.74, 6) is 0.931. The molecule has 1 aromatic heterocycles. The van der Waals surface area contributed by atoms with Crippen LogP contribution < -0.4 is 15.8 Å². The number of hydrogen-bond donors (Lipinski definition) is 2. The number of aryl methyl sites for hydroxylation is 1. The number of hydrogen-bond acceptors (Lipinski definition) is 7. The van der Waals surface area contributed by atoms with Crippen molar-refractivity contribution in [1.29, 1.82) is 0 Å². The number of thioether (sulfide) groups is 1. The number of methoxy groups -OCH3 is 1. The number of carbonyl (C=O) groups excluding carboxylic acids is 1. The number of rotatable bonds is 6. The summed E-state index contributed by atoms with van der Waals surface area (Å²) in [5, 5.41) is 10.6. The van der Waals surface area contributed by atoms with Crippen molar-refractivity contribution < 1.29 is 13.9 Å². The van der Waals surface area contributed by atoms with Gasteiger partial charge in [-0.1, -0.05) is 17.8 Å². The van der Waals surface area contributed by atoms with Gasteiger partial charge in [-0.2, -0.15) is 0 Å². The molecule has 0 bridgehead atoms. The zero-order chi connectivity index (χ0) is 15.2. The van der Waals surface area contributed by atoms with Crippen molar-refractivity contribution in [3.63, 3.8) is 0 Å². The quantitative estimate of drug-likeness (QED) is 0.781. The van der Waals surface area contributed by atoms with Crippen LogP contribution >= 0.6 is 11.8 Å². The average Bonchev–Trinajstić information content (AvgIpc) is 2.93. The van der Waals surface area contributed by atoms with E-state index in [0.29, 0.717) is 22.6 Å². The van der Waals surface area contributed by atoms with E-state index in [0.717, 1.165) is 17.3 Å². The molecule has 7 nitrogen and oxygen atoms in total. The first-order valence-corrected chi connectivity index (χ1v) is 7.20. The van der Waals surface area contributed by atoms with Crippen LogP contribution in [0.25, 0.3) is 0 Å². The molecule has 8 heteroatoms. The molecule has 0 aliphatic heterocycles. The number of benzene rings is 1. The Morgan fingerprint density at radius 3 is 2.95 bits per heavy atom. The molecular weight excluding hydrogens is 292 g/mol. The van der Waals surface area contributed by atoms with Crippen LogP contribution in [0.15, 0.2) is 27.8 Å². The lowest BCUT2D eigenvalue weighted by molar-refractivity contribution is -0.113. The van der Waals surface area contributed by atoms with Gasteiger partial charge in [0, 0.05) is 0 Å². The third-order valence-electron chi connectivity index (χ3n) is 2.58. The Kier molecular flexibility index (Phi) is 5.18. The standard InChI is InChI=1S/C13H16N4O3S/c1-8-3-4-10(19-2)9(5-8)15-11(18)7-21-13-17-16-12(6-14)20-13/h3-5H,6-7,14H2,1-2H3,(H,15,18). The van der Waals surface area contributed by atoms with Crippen molar-refractivity contribution in [2.45, 2.75) is 18.7 Å². The Hall–Kier alpha value is -2.06. The summed E-state index contributed by atoms with van der Waals surface area (Å²) in [7, 11) is 1.56. The highest BCUT2D eigenvalue weighted by Gasteiger charge is 2.11. The van der Waals surface area contributed by atoms with Crippen molar-refractivity contribution in [3.05, 3.63) is 29.7 Å². The predicted molar refractivity (Wildman–Crippen MR) is 79.3 cm³/mol. The van der Waals surface area contributed by atoms with Crippen molar-refractivity contribution in [1.82, 2.24) is 10.2 Å². The zero-order valence-corrected chi connectivity index (χ0v) is 12.6. The fourth-order valence-electron chi connectivity index (χ4n) is 1.61. The van der Waals surface area contributed by atoms with Gasteiger partial charge < -0.3 is 20.2 Å². The molecule has 0 saturated heterocycles. The Labute approximate surface area is 126 Å². The highest BCUT2D eigenvalue weighted by atomic mass is 32.2. The van der Waals surface area contributed by atoms with E-state index in [1.165, 1.54) is 0 Å². The van der Waals surface area contributed by atoms with Gasteiger partial charge in [-0.15, -0.1) is 10.2 Å². The topological polar surface area (TPSA) is 103 Å². The first-order valence-electron chi connectivity index (χ1n) is 6.22. The van der Waals surface area contributed by atoms with E-state index < -0.39 is 0 Å². The smallest absolute Gasteiger partial charge is 0.277 e. The van der Waals surface area contributed by atoms with Crippen LogP contribution in [0.5, 0.6) is 5.75 Å². The summed E-state index contributed by atoms with van der Waals surface area (Å²) in [6.07, 6.45) is 0. The van der Waals surface area contributed by atoms with E-state index >= 15 is 0 Å². The molecule has 1 heterocycles. The Bertz CT molecular complexity index is 630. The van der Waals surface area contributed by atoms with Gasteiger partial charge in [-0.05, 0) is 24.6 Å². The molecule has 0 aliphatic carbocycles. The van der Waals surface area contributed by atoms with Crippen molar-refractivity contribution in [3.8, 4) is 5.75 Å². The molecule has 112 valence electrons. The van der Waals surface area contributed by atoms with Crippen LogP contribution in [0.3, 0.4) is 0 Å². The number of ether oxygens (including phenoxy) is 1. The second-order valence-corrected chi connectivity index (χ2v) is 5.13. The maximum absolute atomic E-state index is 11.9. The summed E-state index contributed by atoms with van der Waals surface area (Å²) in [4.78, 5) is 11.9. The van der Waals surface area contributed by atoms with Gasteiger partial charge in [-0.3, -0.25) is 4.79 Å². The van der Waals surface area contributed by atoms with Gasteiger partial charge in [0.15, 0.2) is 0 Å². The van der Waals surface area contributed by atoms with Crippen LogP contribution in [0.4, 0.5) is 5.69 Å². The second-order valence-electron chi connectivity index (χ2n) is 4.21. The number of aromatic nitrogens is 2. The van der Waals surface area contributed by atoms with Gasteiger partial charge in [0.2, 0.25) is 11.8 Å². The fourth-order valence-corrected chi connectivity index (χ4v) is 2.19. The Morgan fingerprint density at radius 1 is 1.48 bits per heavy atom. The lowest BCUT2D eigenvalue weighted by Crippen LogP contribution is -2.14. The van der Waals surface area contributed by atoms with Crippen molar-refractivity contribution in [2.75, 3.05) is 18.2 Å². The lowest BCUT2D eigenvalue weighted by atomic mass is 10.2. The van der Waals surface area contributed by atoms with Crippen LogP contribution in [-0.4, -0.2) is 29.0 Å². The Morgan fingerprint density at radius 2 is 2.29 bits per heavy atom. The molecule has 21 heavy (non-hydrogen) atoms. The highest BCUT2D eigenvalue weighted by molar-refractivity contribution is 7.99. The highest BCUT2D eigenvalue weighted by Crippen LogP contribution is 2.25. The first-order chi connectivity index (χ1) is 10.1. The molecule has 1 amide bonds. The molecule has 3 N–H and O–H groups in total. The number of nitrogens with two attached hydrogens (primary N) is 1. The van der Waals surface area contributed by atoms with Gasteiger partial charge in [-0.25, -0.2) is 0 Å². The van der Waals surface area contributed by atoms with Crippen molar-refractivity contribution >= 4 is 23.4 Å². The molecular formula is C13H16N4O3S. The first kappa shape index (κ1) is 15.3. The molecule has 0 radical (unpaired) electrons. The zero-order valence-electron chi connectivity index (χ0n) is 11.8. The summed E-state index contributed by atoms with van der Waals surface area (Å²) in [5.41, 5.74) is 7.03. The average molecular weight is 308 g/mol. The van der Waals surface area contributed by atoms with E-state index in [1.807, 2.05) is 25.1 Å². The lowest BCUT2D eigenvalue weighted by Gasteiger charge is -2.10. The largest absolute Gasteiger partial charge is 0.495 e. The summed E-state index contributed by atoms with van der Waals surface area (Å²) in [6.45, 7) is 2.12. The number of amides is 1. The predicted octanol–water partition coefficient (Wildman–Crippen LogP) is 1.58. The van der Waals surface area contributed by atoms with Gasteiger partial charge in [0.1, 0.15) is 5.75 Å². The maximum Gasteiger partial charge on any atom is 0.277 e. The number of anilines is 1. The van der Waals surface area contributed by atoms with Crippen LogP contribution in [-0.2, 0) is 11.3 Å². The van der Waals surface area contributed by atoms with Gasteiger partial charge in [0.25, 0.3) is 5.22 Å². The van der Waals surface area contributed by atoms with E-state index in [-0.39, 0.29) is 18.2 Å². The number of nitrogens with one attached hydrogen (secondary N) is 1. The molecule has 1 aromatic carbocycles. The van der Waals surface area contributed by atoms with E-state index in [4.69, 9.17) is 14.9 Å². The molecule has 0 saturated carbocycles. The summed E-state index contributed by atoms with van der Waals surface area (Å²) >= 11 is 1.15. The van der Waals surface area contributed by atoms with Gasteiger partial charge >= 0.3 is 0 Å². The van der Waals surface area contributed by atoms with Crippen LogP contribution in [0, 0.1) is 6.92 Å². The van der Waals surface area contributed by atoms with Gasteiger partial charge in [0.05, 0.1) is 25.1 Å². The molecule has 0 fully saturated rings. The molecule has 0 aliphatic rings.